The number of carboxylic acids is 7. The topological polar surface area (TPSA) is 329 Å². The molecule has 20 heteroatoms. The third-order valence-corrected chi connectivity index (χ3v) is 4.26. The molecule has 0 aromatic carbocycles. The van der Waals surface area contributed by atoms with Gasteiger partial charge in [0, 0.05) is 13.1 Å². The summed E-state index contributed by atoms with van der Waals surface area (Å²) < 4.78 is 3.39. The normalized spacial score (nSPS) is 10.3. The number of hydrogen-bond acceptors (Lipinski definition) is 12. The van der Waals surface area contributed by atoms with Crippen molar-refractivity contribution >= 4 is 47.8 Å². The van der Waals surface area contributed by atoms with Crippen LogP contribution in [0.1, 0.15) is 0 Å². The van der Waals surface area contributed by atoms with Gasteiger partial charge in [0.25, 0.3) is 0 Å². The number of rotatable bonds is 20. The monoisotopic (exact) mass is 585 g/mol. The van der Waals surface area contributed by atoms with E-state index >= 15 is 0 Å². The van der Waals surface area contributed by atoms with Crippen LogP contribution >= 0.6 is 0 Å². The van der Waals surface area contributed by atoms with Crippen LogP contribution in [0.3, 0.4) is 0 Å². The van der Waals surface area contributed by atoms with Crippen molar-refractivity contribution in [1.82, 2.24) is 16.0 Å². The predicted molar refractivity (Wildman–Crippen MR) is 127 cm³/mol. The molecule has 0 rings (SSSR count). The van der Waals surface area contributed by atoms with Gasteiger partial charge in [-0.2, -0.15) is 0 Å². The van der Waals surface area contributed by atoms with E-state index in [4.69, 9.17) is 35.7 Å². The lowest BCUT2D eigenvalue weighted by molar-refractivity contribution is -0.900. The SMILES string of the molecule is C=COC(=O)C[N+](CC(=O)O)(CC(=O)O)CC(=O)O.N.O=C(O)CN(CCN(CC(=O)O)CC(=O)O)CC(=O)O. The number of ether oxygens (including phenoxy) is 1. The highest BCUT2D eigenvalue weighted by molar-refractivity contribution is 5.76. The van der Waals surface area contributed by atoms with Crippen LogP contribution in [0.5, 0.6) is 0 Å². The van der Waals surface area contributed by atoms with Gasteiger partial charge in [0.2, 0.25) is 0 Å². The van der Waals surface area contributed by atoms with E-state index in [9.17, 15) is 38.4 Å². The number of carbonyl (C=O) groups excluding carboxylic acids is 1. The highest BCUT2D eigenvalue weighted by Gasteiger charge is 2.38. The first-order valence-corrected chi connectivity index (χ1v) is 10.5. The molecule has 228 valence electrons. The highest BCUT2D eigenvalue weighted by atomic mass is 16.5. The van der Waals surface area contributed by atoms with Gasteiger partial charge in [-0.05, 0) is 0 Å². The molecule has 20 nitrogen and oxygen atoms in total. The minimum absolute atomic E-state index is 0. The lowest BCUT2D eigenvalue weighted by Crippen LogP contribution is -2.58. The number of carboxylic acid groups (broad SMARTS) is 7. The Morgan fingerprint density at radius 3 is 1.02 bits per heavy atom. The molecule has 0 spiro atoms. The van der Waals surface area contributed by atoms with Crippen LogP contribution < -0.4 is 6.15 Å². The van der Waals surface area contributed by atoms with Gasteiger partial charge >= 0.3 is 47.8 Å². The molecule has 0 aliphatic carbocycles. The van der Waals surface area contributed by atoms with Crippen molar-refractivity contribution in [2.45, 2.75) is 0 Å². The second-order valence-corrected chi connectivity index (χ2v) is 7.81. The molecule has 0 saturated heterocycles. The maximum atomic E-state index is 11.3. The number of esters is 1. The van der Waals surface area contributed by atoms with Gasteiger partial charge in [-0.15, -0.1) is 0 Å². The molecule has 0 aliphatic heterocycles. The van der Waals surface area contributed by atoms with E-state index in [0.717, 1.165) is 16.1 Å². The molecule has 0 aromatic rings. The van der Waals surface area contributed by atoms with Crippen LogP contribution in [0.2, 0.25) is 0 Å². The first-order valence-electron chi connectivity index (χ1n) is 10.5. The summed E-state index contributed by atoms with van der Waals surface area (Å²) in [6.45, 7) is -2.32. The molecule has 10 N–H and O–H groups in total. The second-order valence-electron chi connectivity index (χ2n) is 7.81. The van der Waals surface area contributed by atoms with Crippen molar-refractivity contribution in [2.24, 2.45) is 0 Å². The van der Waals surface area contributed by atoms with Crippen molar-refractivity contribution in [1.29, 1.82) is 0 Å². The quantitative estimate of drug-likeness (QED) is 0.0396. The summed E-state index contributed by atoms with van der Waals surface area (Å²) >= 11 is 0. The van der Waals surface area contributed by atoms with Crippen molar-refractivity contribution in [2.75, 3.05) is 65.4 Å². The van der Waals surface area contributed by atoms with Crippen molar-refractivity contribution in [3.8, 4) is 0 Å². The van der Waals surface area contributed by atoms with E-state index in [-0.39, 0.29) is 19.2 Å². The van der Waals surface area contributed by atoms with Gasteiger partial charge in [-0.1, -0.05) is 6.58 Å². The minimum atomic E-state index is -1.42. The summed E-state index contributed by atoms with van der Waals surface area (Å²) in [6.07, 6.45) is 0.791. The van der Waals surface area contributed by atoms with Crippen LogP contribution in [-0.4, -0.2) is 163 Å². The Labute approximate surface area is 226 Å². The molecule has 0 amide bonds. The Kier molecular flexibility index (Phi) is 20.2. The molecule has 0 aromatic heterocycles. The number of aliphatic carboxylic acids is 7. The third kappa shape index (κ3) is 22.5. The Morgan fingerprint density at radius 1 is 0.550 bits per heavy atom. The highest BCUT2D eigenvalue weighted by Crippen LogP contribution is 2.08. The van der Waals surface area contributed by atoms with Crippen LogP contribution in [0.15, 0.2) is 12.8 Å². The summed E-state index contributed by atoms with van der Waals surface area (Å²) in [5.41, 5.74) is 0. The maximum Gasteiger partial charge on any atom is 0.366 e. The molecule has 0 radical (unpaired) electrons. The summed E-state index contributed by atoms with van der Waals surface area (Å²) in [6, 6.07) is 0. The smallest absolute Gasteiger partial charge is 0.366 e. The fraction of sp³-hybridized carbons (Fsp3) is 0.500. The second kappa shape index (κ2) is 20.3. The fourth-order valence-electron chi connectivity index (χ4n) is 3.08. The van der Waals surface area contributed by atoms with Crippen LogP contribution in [0.25, 0.3) is 0 Å². The van der Waals surface area contributed by atoms with Crippen molar-refractivity contribution < 1.29 is 83.3 Å². The fourth-order valence-corrected chi connectivity index (χ4v) is 3.08. The third-order valence-electron chi connectivity index (χ3n) is 4.26. The molecule has 0 fully saturated rings. The van der Waals surface area contributed by atoms with Gasteiger partial charge < -0.3 is 46.6 Å². The van der Waals surface area contributed by atoms with Gasteiger partial charge in [-0.25, -0.2) is 19.2 Å². The van der Waals surface area contributed by atoms with Crippen molar-refractivity contribution in [3.63, 3.8) is 0 Å². The van der Waals surface area contributed by atoms with Crippen molar-refractivity contribution in [3.05, 3.63) is 12.8 Å². The standard InChI is InChI=1S/C10H16N2O8.C10H13NO8.H3N/c13-7(14)3-11(4-8(15)16)1-2-12(5-9(17)18)6-10(19)20;1-2-19-10(18)6-11(3-7(12)13,4-8(14)15)5-9(16)17;/h1-6H2,(H,13,14)(H,15,16)(H,17,18)(H,19,20);2H,1,3-6H2,(H2-,12,13,14,15,16,17);1H3/p+1. The molecule has 0 bridgehead atoms. The molecule has 0 heterocycles. The van der Waals surface area contributed by atoms with Crippen LogP contribution in [0.4, 0.5) is 0 Å². The van der Waals surface area contributed by atoms with Gasteiger partial charge in [0.1, 0.15) is 0 Å². The zero-order valence-corrected chi connectivity index (χ0v) is 21.2. The van der Waals surface area contributed by atoms with E-state index in [0.29, 0.717) is 0 Å². The maximum absolute atomic E-state index is 11.3. The predicted octanol–water partition coefficient (Wildman–Crippen LogP) is -3.17. The van der Waals surface area contributed by atoms with E-state index in [1.807, 2.05) is 0 Å². The number of quaternary nitrogens is 1. The summed E-state index contributed by atoms with van der Waals surface area (Å²) in [5.74, 6) is -10.1. The van der Waals surface area contributed by atoms with E-state index in [1.54, 1.807) is 0 Å². The molecule has 0 aliphatic rings. The minimum Gasteiger partial charge on any atom is -0.480 e. The lowest BCUT2D eigenvalue weighted by atomic mass is 10.3. The summed E-state index contributed by atoms with van der Waals surface area (Å²) in [4.78, 5) is 87.9. The van der Waals surface area contributed by atoms with E-state index in [1.165, 1.54) is 0 Å². The van der Waals surface area contributed by atoms with Gasteiger partial charge in [0.15, 0.2) is 26.2 Å². The zero-order chi connectivity index (χ0) is 30.8. The number of nitrogens with zero attached hydrogens (tertiary/aromatic N) is 3. The number of carbonyl (C=O) groups is 8. The van der Waals surface area contributed by atoms with Gasteiger partial charge in [-0.3, -0.25) is 33.5 Å². The zero-order valence-electron chi connectivity index (χ0n) is 21.2. The van der Waals surface area contributed by atoms with E-state index < -0.39 is 105 Å². The average molecular weight is 585 g/mol. The molecule has 0 atom stereocenters. The van der Waals surface area contributed by atoms with Crippen LogP contribution in [0, 0.1) is 0 Å². The van der Waals surface area contributed by atoms with Crippen LogP contribution in [-0.2, 0) is 43.1 Å². The first-order chi connectivity index (χ1) is 17.9. The molecule has 40 heavy (non-hydrogen) atoms. The molecular formula is C20H33N4O16+. The van der Waals surface area contributed by atoms with Gasteiger partial charge in [0.05, 0.1) is 32.4 Å². The molecule has 0 saturated carbocycles. The van der Waals surface area contributed by atoms with E-state index in [2.05, 4.69) is 11.3 Å². The largest absolute Gasteiger partial charge is 0.480 e. The Balaban J connectivity index is -0.000000669. The summed E-state index contributed by atoms with van der Waals surface area (Å²) in [5, 5.41) is 60.7. The molecular weight excluding hydrogens is 552 g/mol. The lowest BCUT2D eigenvalue weighted by Gasteiger charge is -2.32. The Hall–Kier alpha value is -4.66. The molecule has 0 unspecified atom stereocenters. The number of hydrogen-bond donors (Lipinski definition) is 8. The Bertz CT molecular complexity index is 829. The summed E-state index contributed by atoms with van der Waals surface area (Å²) in [7, 11) is 0. The first kappa shape index (κ1) is 39.8. The average Bonchev–Trinajstić information content (AvgIpc) is 2.68. The Morgan fingerprint density at radius 2 is 0.825 bits per heavy atom.